The van der Waals surface area contributed by atoms with Gasteiger partial charge in [0.25, 0.3) is 0 Å². The van der Waals surface area contributed by atoms with E-state index in [0.717, 1.165) is 22.3 Å². The van der Waals surface area contributed by atoms with E-state index < -0.39 is 11.9 Å². The molecule has 7 rings (SSSR count). The van der Waals surface area contributed by atoms with Crippen LogP contribution >= 0.6 is 0 Å². The number of carbonyl (C=O) groups is 1. The summed E-state index contributed by atoms with van der Waals surface area (Å²) >= 11 is 0. The Morgan fingerprint density at radius 2 is 1.47 bits per heavy atom. The van der Waals surface area contributed by atoms with Gasteiger partial charge in [-0.3, -0.25) is 4.79 Å². The fourth-order valence-corrected chi connectivity index (χ4v) is 6.82. The number of piperidine rings is 1. The lowest BCUT2D eigenvalue weighted by Gasteiger charge is -2.44. The van der Waals surface area contributed by atoms with E-state index in [1.165, 1.54) is 36.4 Å². The molecule has 1 N–H and O–H groups in total. The summed E-state index contributed by atoms with van der Waals surface area (Å²) in [6, 6.07) is 27.6. The summed E-state index contributed by atoms with van der Waals surface area (Å²) in [5.41, 5.74) is 2.83. The zero-order chi connectivity index (χ0) is 32.8. The summed E-state index contributed by atoms with van der Waals surface area (Å²) in [6.45, 7) is 2.39. The van der Waals surface area contributed by atoms with Crippen LogP contribution in [-0.2, 0) is 17.9 Å². The topological polar surface area (TPSA) is 61.2 Å². The Bertz CT molecular complexity index is 1880. The molecule has 11 heteroatoms. The summed E-state index contributed by atoms with van der Waals surface area (Å²) in [7, 11) is 0. The van der Waals surface area contributed by atoms with Crippen LogP contribution in [0.1, 0.15) is 24.0 Å². The molecule has 2 aliphatic rings. The van der Waals surface area contributed by atoms with Crippen molar-refractivity contribution in [2.45, 2.75) is 37.8 Å². The van der Waals surface area contributed by atoms with Crippen molar-refractivity contribution in [3.05, 3.63) is 120 Å². The lowest BCUT2D eigenvalue weighted by atomic mass is 9.85. The van der Waals surface area contributed by atoms with Gasteiger partial charge in [-0.05, 0) is 78.6 Å². The van der Waals surface area contributed by atoms with Gasteiger partial charge < -0.3 is 29.1 Å². The van der Waals surface area contributed by atoms with E-state index in [1.807, 2.05) is 59.6 Å². The molecule has 0 aliphatic carbocycles. The van der Waals surface area contributed by atoms with Gasteiger partial charge in [0, 0.05) is 48.0 Å². The summed E-state index contributed by atoms with van der Waals surface area (Å²) in [4.78, 5) is 20.4. The van der Waals surface area contributed by atoms with E-state index in [9.17, 15) is 27.5 Å². The normalized spacial score (nSPS) is 16.4. The van der Waals surface area contributed by atoms with Gasteiger partial charge in [-0.25, -0.2) is 4.39 Å². The highest BCUT2D eigenvalue weighted by atomic mass is 19.4. The molecule has 2 fully saturated rings. The number of aromatic hydroxyl groups is 1. The number of ether oxygens (including phenoxy) is 1. The number of nitrogens with zero attached hydrogens (tertiary/aromatic N) is 4. The number of fused-ring (bicyclic) bond motifs is 1. The Balaban J connectivity index is 1.08. The highest BCUT2D eigenvalue weighted by molar-refractivity contribution is 5.94. The van der Waals surface area contributed by atoms with Gasteiger partial charge in [0.1, 0.15) is 17.1 Å². The van der Waals surface area contributed by atoms with Crippen molar-refractivity contribution in [3.63, 3.8) is 0 Å². The first kappa shape index (κ1) is 30.5. The summed E-state index contributed by atoms with van der Waals surface area (Å²) < 4.78 is 56.7. The van der Waals surface area contributed by atoms with Crippen LogP contribution in [0.2, 0.25) is 0 Å². The minimum Gasteiger partial charge on any atom is -0.494 e. The maximum atomic E-state index is 14.1. The zero-order valence-corrected chi connectivity index (χ0v) is 25.3. The molecule has 2 aliphatic heterocycles. The number of hydrogen-bond acceptors (Lipinski definition) is 5. The van der Waals surface area contributed by atoms with Crippen molar-refractivity contribution in [2.75, 3.05) is 29.6 Å². The molecule has 7 nitrogen and oxygen atoms in total. The van der Waals surface area contributed by atoms with Crippen molar-refractivity contribution in [1.29, 1.82) is 0 Å². The van der Waals surface area contributed by atoms with Crippen LogP contribution in [0, 0.1) is 5.82 Å². The number of halogens is 4. The SMILES string of the molecule is O=C1N(Cc2ccc(F)cc2)CN(c2ccccc2)C12CCN(c1ccc3c(O)n(Cc4ccc(OC(F)(F)F)cc4)cc3c1)CC2. The fraction of sp³-hybridized carbons (Fsp3) is 0.250. The lowest BCUT2D eigenvalue weighted by Crippen LogP contribution is -2.56. The monoisotopic (exact) mass is 644 g/mol. The van der Waals surface area contributed by atoms with Gasteiger partial charge in [0.2, 0.25) is 5.91 Å². The van der Waals surface area contributed by atoms with Crippen LogP contribution in [0.15, 0.2) is 103 Å². The molecular weight excluding hydrogens is 612 g/mol. The highest BCUT2D eigenvalue weighted by Gasteiger charge is 2.53. The lowest BCUT2D eigenvalue weighted by molar-refractivity contribution is -0.274. The Morgan fingerprint density at radius 1 is 0.809 bits per heavy atom. The Morgan fingerprint density at radius 3 is 2.15 bits per heavy atom. The second-order valence-corrected chi connectivity index (χ2v) is 12.1. The molecule has 5 aromatic rings. The van der Waals surface area contributed by atoms with Crippen molar-refractivity contribution in [2.24, 2.45) is 0 Å². The Labute approximate surface area is 268 Å². The molecule has 0 unspecified atom stereocenters. The van der Waals surface area contributed by atoms with Crippen LogP contribution in [0.25, 0.3) is 10.8 Å². The van der Waals surface area contributed by atoms with E-state index in [-0.39, 0.29) is 29.9 Å². The second-order valence-electron chi connectivity index (χ2n) is 12.1. The average molecular weight is 645 g/mol. The number of amides is 1. The van der Waals surface area contributed by atoms with E-state index >= 15 is 0 Å². The summed E-state index contributed by atoms with van der Waals surface area (Å²) in [6.07, 6.45) is -1.72. The van der Waals surface area contributed by atoms with E-state index in [0.29, 0.717) is 50.1 Å². The maximum absolute atomic E-state index is 14.1. The molecule has 1 amide bonds. The van der Waals surface area contributed by atoms with E-state index in [1.54, 1.807) is 16.7 Å². The largest absolute Gasteiger partial charge is 0.573 e. The average Bonchev–Trinajstić information content (AvgIpc) is 3.51. The minimum atomic E-state index is -4.76. The quantitative estimate of drug-likeness (QED) is 0.189. The number of hydrogen-bond donors (Lipinski definition) is 1. The number of anilines is 2. The van der Waals surface area contributed by atoms with Gasteiger partial charge in [-0.2, -0.15) is 0 Å². The first-order valence-corrected chi connectivity index (χ1v) is 15.4. The van der Waals surface area contributed by atoms with Gasteiger partial charge in [0.05, 0.1) is 13.2 Å². The predicted octanol–water partition coefficient (Wildman–Crippen LogP) is 7.28. The highest BCUT2D eigenvalue weighted by Crippen LogP contribution is 2.41. The minimum absolute atomic E-state index is 0.0658. The third-order valence-electron chi connectivity index (χ3n) is 9.18. The zero-order valence-electron chi connectivity index (χ0n) is 25.3. The standard InChI is InChI=1S/C36H32F4N4O3/c37-28-10-6-25(7-11-28)22-43-24-44(29-4-2-1-3-5-29)35(34(43)46)16-18-41(19-17-35)30-12-15-32-27(20-30)23-42(33(32)45)21-26-8-13-31(14-9-26)47-36(38,39)40/h1-15,20,23,45H,16-19,21-22,24H2. The van der Waals surface area contributed by atoms with Crippen LogP contribution < -0.4 is 14.5 Å². The van der Waals surface area contributed by atoms with Crippen LogP contribution in [-0.4, -0.2) is 52.1 Å². The molecule has 0 radical (unpaired) electrons. The third kappa shape index (κ3) is 6.05. The van der Waals surface area contributed by atoms with Crippen LogP contribution in [0.4, 0.5) is 28.9 Å². The predicted molar refractivity (Wildman–Crippen MR) is 171 cm³/mol. The second kappa shape index (κ2) is 11.9. The number of alkyl halides is 3. The number of carbonyl (C=O) groups excluding carboxylic acids is 1. The van der Waals surface area contributed by atoms with E-state index in [2.05, 4.69) is 14.5 Å². The number of rotatable bonds is 7. The fourth-order valence-electron chi connectivity index (χ4n) is 6.82. The summed E-state index contributed by atoms with van der Waals surface area (Å²) in [5.74, 6) is -0.478. The first-order valence-electron chi connectivity index (χ1n) is 15.4. The third-order valence-corrected chi connectivity index (χ3v) is 9.18. The van der Waals surface area contributed by atoms with Gasteiger partial charge in [0.15, 0.2) is 5.88 Å². The molecular formula is C36H32F4N4O3. The van der Waals surface area contributed by atoms with Crippen molar-refractivity contribution in [3.8, 4) is 11.6 Å². The molecule has 2 saturated heterocycles. The molecule has 4 aromatic carbocycles. The maximum Gasteiger partial charge on any atom is 0.573 e. The summed E-state index contributed by atoms with van der Waals surface area (Å²) in [5, 5.41) is 12.4. The van der Waals surface area contributed by atoms with Gasteiger partial charge >= 0.3 is 6.36 Å². The molecule has 1 spiro atoms. The Kier molecular flexibility index (Phi) is 7.69. The van der Waals surface area contributed by atoms with Gasteiger partial charge in [-0.15, -0.1) is 13.2 Å². The number of aromatic nitrogens is 1. The van der Waals surface area contributed by atoms with Crippen molar-refractivity contribution >= 4 is 28.1 Å². The molecule has 0 saturated carbocycles. The molecule has 1 aromatic heterocycles. The number of benzene rings is 4. The van der Waals surface area contributed by atoms with Crippen LogP contribution in [0.5, 0.6) is 11.6 Å². The Hall–Kier alpha value is -5.19. The molecule has 0 bridgehead atoms. The molecule has 3 heterocycles. The first-order chi connectivity index (χ1) is 22.6. The van der Waals surface area contributed by atoms with E-state index in [4.69, 9.17) is 0 Å². The van der Waals surface area contributed by atoms with Crippen molar-refractivity contribution in [1.82, 2.24) is 9.47 Å². The molecule has 242 valence electrons. The van der Waals surface area contributed by atoms with Crippen LogP contribution in [0.3, 0.4) is 0 Å². The van der Waals surface area contributed by atoms with Crippen molar-refractivity contribution < 1.29 is 32.2 Å². The molecule has 47 heavy (non-hydrogen) atoms. The smallest absolute Gasteiger partial charge is 0.494 e. The molecule has 0 atom stereocenters. The number of para-hydroxylation sites is 1. The van der Waals surface area contributed by atoms with Gasteiger partial charge in [-0.1, -0.05) is 42.5 Å².